The zero-order valence-corrected chi connectivity index (χ0v) is 13.1. The molecule has 0 bridgehead atoms. The van der Waals surface area contributed by atoms with Gasteiger partial charge in [-0.05, 0) is 43.2 Å². The summed E-state index contributed by atoms with van der Waals surface area (Å²) in [6, 6.07) is 16.9. The summed E-state index contributed by atoms with van der Waals surface area (Å²) in [4.78, 5) is 26.2. The summed E-state index contributed by atoms with van der Waals surface area (Å²) in [6.45, 7) is 2.50. The van der Waals surface area contributed by atoms with Gasteiger partial charge in [-0.3, -0.25) is 14.5 Å². The Morgan fingerprint density at radius 1 is 1.04 bits per heavy atom. The predicted octanol–water partition coefficient (Wildman–Crippen LogP) is 3.21. The molecule has 1 fully saturated rings. The fourth-order valence-electron chi connectivity index (χ4n) is 2.88. The van der Waals surface area contributed by atoms with E-state index in [1.165, 1.54) is 4.90 Å². The molecule has 1 aliphatic rings. The Hall–Kier alpha value is -2.62. The van der Waals surface area contributed by atoms with E-state index in [0.29, 0.717) is 18.7 Å². The van der Waals surface area contributed by atoms with E-state index >= 15 is 0 Å². The topological polar surface area (TPSA) is 46.6 Å². The highest BCUT2D eigenvalue weighted by Gasteiger charge is 2.39. The molecular weight excluding hydrogens is 290 g/mol. The van der Waals surface area contributed by atoms with Crippen molar-refractivity contribution in [1.82, 2.24) is 0 Å². The van der Waals surface area contributed by atoms with E-state index in [9.17, 15) is 9.59 Å². The summed E-state index contributed by atoms with van der Waals surface area (Å²) in [6.07, 6.45) is 0.861. The summed E-state index contributed by atoms with van der Waals surface area (Å²) >= 11 is 0. The Bertz CT molecular complexity index is 694. The van der Waals surface area contributed by atoms with Gasteiger partial charge in [-0.1, -0.05) is 30.3 Å². The van der Waals surface area contributed by atoms with Crippen molar-refractivity contribution in [1.29, 1.82) is 0 Å². The molecule has 1 heterocycles. The standard InChI is InChI=1S/C19H19NO3/c1-2-23-17-10-8-16(9-11-17)20-18(21)13-15(19(20)22)12-14-6-4-3-5-7-14/h3-11,15H,2,12-13H2,1H3/t15-/m1/s1. The first-order chi connectivity index (χ1) is 11.2. The molecule has 0 N–H and O–H groups in total. The Morgan fingerprint density at radius 3 is 2.39 bits per heavy atom. The lowest BCUT2D eigenvalue weighted by molar-refractivity contribution is -0.122. The molecule has 0 spiro atoms. The Labute approximate surface area is 135 Å². The number of carbonyl (C=O) groups is 2. The molecule has 2 aromatic rings. The molecule has 0 radical (unpaired) electrons. The third-order valence-corrected chi connectivity index (χ3v) is 3.97. The number of benzene rings is 2. The number of ether oxygens (including phenoxy) is 1. The summed E-state index contributed by atoms with van der Waals surface area (Å²) < 4.78 is 5.39. The third kappa shape index (κ3) is 3.26. The largest absolute Gasteiger partial charge is 0.494 e. The van der Waals surface area contributed by atoms with E-state index in [0.717, 1.165) is 11.3 Å². The van der Waals surface area contributed by atoms with E-state index < -0.39 is 0 Å². The van der Waals surface area contributed by atoms with Gasteiger partial charge in [-0.2, -0.15) is 0 Å². The molecule has 0 unspecified atom stereocenters. The predicted molar refractivity (Wildman–Crippen MR) is 88.4 cm³/mol. The summed E-state index contributed by atoms with van der Waals surface area (Å²) in [5.41, 5.74) is 1.69. The minimum atomic E-state index is -0.281. The number of hydrogen-bond acceptors (Lipinski definition) is 3. The summed E-state index contributed by atoms with van der Waals surface area (Å²) in [7, 11) is 0. The summed E-state index contributed by atoms with van der Waals surface area (Å²) in [5.74, 6) is 0.191. The molecule has 0 saturated carbocycles. The highest BCUT2D eigenvalue weighted by atomic mass is 16.5. The van der Waals surface area contributed by atoms with Crippen LogP contribution in [0.3, 0.4) is 0 Å². The van der Waals surface area contributed by atoms with Crippen LogP contribution < -0.4 is 9.64 Å². The normalized spacial score (nSPS) is 17.6. The molecule has 2 amide bonds. The number of imide groups is 1. The van der Waals surface area contributed by atoms with Crippen molar-refractivity contribution in [2.45, 2.75) is 19.8 Å². The number of carbonyl (C=O) groups excluding carboxylic acids is 2. The molecule has 23 heavy (non-hydrogen) atoms. The Morgan fingerprint density at radius 2 is 1.74 bits per heavy atom. The van der Waals surface area contributed by atoms with Crippen LogP contribution in [0, 0.1) is 5.92 Å². The van der Waals surface area contributed by atoms with Crippen LogP contribution >= 0.6 is 0 Å². The van der Waals surface area contributed by atoms with E-state index in [2.05, 4.69) is 0 Å². The maximum Gasteiger partial charge on any atom is 0.237 e. The van der Waals surface area contributed by atoms with Crippen LogP contribution in [0.4, 0.5) is 5.69 Å². The lowest BCUT2D eigenvalue weighted by Gasteiger charge is -2.15. The quantitative estimate of drug-likeness (QED) is 0.797. The number of hydrogen-bond donors (Lipinski definition) is 0. The molecule has 2 aromatic carbocycles. The van der Waals surface area contributed by atoms with Crippen molar-refractivity contribution in [3.05, 3.63) is 60.2 Å². The first-order valence-electron chi connectivity index (χ1n) is 7.82. The van der Waals surface area contributed by atoms with Crippen LogP contribution in [0.25, 0.3) is 0 Å². The summed E-state index contributed by atoms with van der Waals surface area (Å²) in [5, 5.41) is 0. The first kappa shape index (κ1) is 15.3. The fourth-order valence-corrected chi connectivity index (χ4v) is 2.88. The van der Waals surface area contributed by atoms with Crippen molar-refractivity contribution in [2.75, 3.05) is 11.5 Å². The van der Waals surface area contributed by atoms with Gasteiger partial charge in [0.25, 0.3) is 0 Å². The van der Waals surface area contributed by atoms with E-state index in [1.807, 2.05) is 37.3 Å². The van der Waals surface area contributed by atoms with Gasteiger partial charge in [-0.25, -0.2) is 0 Å². The van der Waals surface area contributed by atoms with Gasteiger partial charge in [-0.15, -0.1) is 0 Å². The van der Waals surface area contributed by atoms with E-state index in [-0.39, 0.29) is 24.2 Å². The molecule has 1 atom stereocenters. The van der Waals surface area contributed by atoms with Crippen LogP contribution in [0.1, 0.15) is 18.9 Å². The van der Waals surface area contributed by atoms with Crippen molar-refractivity contribution in [3.63, 3.8) is 0 Å². The van der Waals surface area contributed by atoms with Gasteiger partial charge in [0.1, 0.15) is 5.75 Å². The minimum absolute atomic E-state index is 0.122. The first-order valence-corrected chi connectivity index (χ1v) is 7.82. The number of amides is 2. The molecule has 0 aliphatic carbocycles. The van der Waals surface area contributed by atoms with Gasteiger partial charge >= 0.3 is 0 Å². The molecule has 1 aliphatic heterocycles. The average molecular weight is 309 g/mol. The molecule has 4 heteroatoms. The highest BCUT2D eigenvalue weighted by molar-refractivity contribution is 6.21. The van der Waals surface area contributed by atoms with Gasteiger partial charge in [0.05, 0.1) is 18.2 Å². The smallest absolute Gasteiger partial charge is 0.237 e. The minimum Gasteiger partial charge on any atom is -0.494 e. The lowest BCUT2D eigenvalue weighted by atomic mass is 9.98. The van der Waals surface area contributed by atoms with Gasteiger partial charge in [0.15, 0.2) is 0 Å². The Kier molecular flexibility index (Phi) is 4.42. The number of nitrogens with zero attached hydrogens (tertiary/aromatic N) is 1. The van der Waals surface area contributed by atoms with Crippen molar-refractivity contribution in [3.8, 4) is 5.75 Å². The van der Waals surface area contributed by atoms with Crippen LogP contribution in [0.2, 0.25) is 0 Å². The van der Waals surface area contributed by atoms with Gasteiger partial charge in [0, 0.05) is 6.42 Å². The molecule has 0 aromatic heterocycles. The second-order valence-electron chi connectivity index (χ2n) is 5.59. The van der Waals surface area contributed by atoms with Crippen LogP contribution in [-0.4, -0.2) is 18.4 Å². The van der Waals surface area contributed by atoms with Gasteiger partial charge in [0.2, 0.25) is 11.8 Å². The van der Waals surface area contributed by atoms with E-state index in [1.54, 1.807) is 24.3 Å². The highest BCUT2D eigenvalue weighted by Crippen LogP contribution is 2.29. The van der Waals surface area contributed by atoms with E-state index in [4.69, 9.17) is 4.74 Å². The average Bonchev–Trinajstić information content (AvgIpc) is 2.84. The van der Waals surface area contributed by atoms with Crippen LogP contribution in [0.15, 0.2) is 54.6 Å². The zero-order chi connectivity index (χ0) is 16.2. The van der Waals surface area contributed by atoms with Crippen molar-refractivity contribution in [2.24, 2.45) is 5.92 Å². The van der Waals surface area contributed by atoms with Crippen molar-refractivity contribution >= 4 is 17.5 Å². The van der Waals surface area contributed by atoms with Crippen molar-refractivity contribution < 1.29 is 14.3 Å². The van der Waals surface area contributed by atoms with Crippen LogP contribution in [0.5, 0.6) is 5.75 Å². The molecule has 3 rings (SSSR count). The Balaban J connectivity index is 1.76. The fraction of sp³-hybridized carbons (Fsp3) is 0.263. The second-order valence-corrected chi connectivity index (χ2v) is 5.59. The molecular formula is C19H19NO3. The number of anilines is 1. The maximum absolute atomic E-state index is 12.6. The maximum atomic E-state index is 12.6. The van der Waals surface area contributed by atoms with Gasteiger partial charge < -0.3 is 4.74 Å². The monoisotopic (exact) mass is 309 g/mol. The number of rotatable bonds is 5. The molecule has 1 saturated heterocycles. The second kappa shape index (κ2) is 6.65. The zero-order valence-electron chi connectivity index (χ0n) is 13.1. The third-order valence-electron chi connectivity index (χ3n) is 3.97. The molecule has 4 nitrogen and oxygen atoms in total. The molecule has 118 valence electrons. The SMILES string of the molecule is CCOc1ccc(N2C(=O)C[C@@H](Cc3ccccc3)C2=O)cc1. The van der Waals surface area contributed by atoms with Crippen LogP contribution in [-0.2, 0) is 16.0 Å². The lowest BCUT2D eigenvalue weighted by Crippen LogP contribution is -2.30.